The van der Waals surface area contributed by atoms with E-state index >= 15 is 0 Å². The summed E-state index contributed by atoms with van der Waals surface area (Å²) in [6, 6.07) is 4.19. The molecule has 170 valence electrons. The van der Waals surface area contributed by atoms with Crippen molar-refractivity contribution in [2.75, 3.05) is 18.6 Å². The summed E-state index contributed by atoms with van der Waals surface area (Å²) >= 11 is 0. The number of amides is 2. The maximum atomic E-state index is 13.5. The molecule has 32 heavy (non-hydrogen) atoms. The fraction of sp³-hybridized carbons (Fsp3) is 0.571. The summed E-state index contributed by atoms with van der Waals surface area (Å²) < 4.78 is 52.9. The van der Waals surface area contributed by atoms with Crippen LogP contribution >= 0.6 is 0 Å². The molecule has 11 heteroatoms. The third kappa shape index (κ3) is 2.50. The van der Waals surface area contributed by atoms with E-state index in [1.54, 1.807) is 6.92 Å². The monoisotopic (exact) mass is 451 g/mol. The van der Waals surface area contributed by atoms with Gasteiger partial charge in [0.15, 0.2) is 0 Å². The summed E-state index contributed by atoms with van der Waals surface area (Å²) in [5.41, 5.74) is -3.59. The molecule has 1 N–H and O–H groups in total. The Balaban J connectivity index is 1.60. The zero-order valence-electron chi connectivity index (χ0n) is 17.2. The van der Waals surface area contributed by atoms with Crippen molar-refractivity contribution >= 4 is 17.7 Å². The molecule has 0 radical (unpaired) electrons. The lowest BCUT2D eigenvalue weighted by molar-refractivity contribution is -0.151. The van der Waals surface area contributed by atoms with Crippen LogP contribution in [-0.4, -0.2) is 59.1 Å². The first-order valence-electron chi connectivity index (χ1n) is 10.2. The number of carbonyl (C=O) groups excluding carboxylic acids is 1. The third-order valence-corrected chi connectivity index (χ3v) is 7.49. The second kappa shape index (κ2) is 6.36. The number of alkyl halides is 3. The Morgan fingerprint density at radius 1 is 1.41 bits per heavy atom. The molecule has 4 saturated heterocycles. The first-order chi connectivity index (χ1) is 14.9. The van der Waals surface area contributed by atoms with Crippen LogP contribution in [0.25, 0.3) is 0 Å². The van der Waals surface area contributed by atoms with Gasteiger partial charge in [-0.2, -0.15) is 18.4 Å². The lowest BCUT2D eigenvalue weighted by atomic mass is 9.63. The average Bonchev–Trinajstić information content (AvgIpc) is 3.30. The number of carboxylic acid groups (broad SMARTS) is 1. The SMILES string of the molecule is CN(C(=O)O)[C@@H]1C[C@]2(C)O[C@]13CCO[C@@H]1[C@H]3[C@H]2C(=O)N1c1ccc(C#N)c(C(F)(F)F)c1. The van der Waals surface area contributed by atoms with E-state index in [-0.39, 0.29) is 12.3 Å². The zero-order valence-corrected chi connectivity index (χ0v) is 17.2. The molecule has 1 aromatic rings. The molecule has 4 fully saturated rings. The van der Waals surface area contributed by atoms with E-state index in [1.807, 2.05) is 0 Å². The second-order valence-corrected chi connectivity index (χ2v) is 9.05. The Bertz CT molecular complexity index is 1070. The lowest BCUT2D eigenvalue weighted by Crippen LogP contribution is -2.61. The van der Waals surface area contributed by atoms with Crippen molar-refractivity contribution in [3.05, 3.63) is 29.3 Å². The molecule has 2 bridgehead atoms. The Labute approximate surface area is 181 Å². The molecule has 1 spiro atoms. The van der Waals surface area contributed by atoms with Gasteiger partial charge in [-0.3, -0.25) is 9.69 Å². The van der Waals surface area contributed by atoms with Gasteiger partial charge in [0.25, 0.3) is 0 Å². The van der Waals surface area contributed by atoms with Gasteiger partial charge in [-0.05, 0) is 25.1 Å². The van der Waals surface area contributed by atoms with Crippen molar-refractivity contribution in [2.45, 2.75) is 49.4 Å². The third-order valence-electron chi connectivity index (χ3n) is 7.49. The maximum Gasteiger partial charge on any atom is 0.417 e. The number of ether oxygens (including phenoxy) is 2. The van der Waals surface area contributed by atoms with Crippen LogP contribution in [0, 0.1) is 23.2 Å². The summed E-state index contributed by atoms with van der Waals surface area (Å²) in [7, 11) is 1.46. The average molecular weight is 451 g/mol. The van der Waals surface area contributed by atoms with Gasteiger partial charge in [0.2, 0.25) is 5.91 Å². The highest BCUT2D eigenvalue weighted by Gasteiger charge is 2.79. The minimum absolute atomic E-state index is 0.0103. The van der Waals surface area contributed by atoms with Crippen LogP contribution in [0.4, 0.5) is 23.7 Å². The van der Waals surface area contributed by atoms with Crippen LogP contribution in [0.3, 0.4) is 0 Å². The summed E-state index contributed by atoms with van der Waals surface area (Å²) in [6.07, 6.45) is -6.08. The number of hydrogen-bond acceptors (Lipinski definition) is 5. The minimum atomic E-state index is -4.77. The van der Waals surface area contributed by atoms with Crippen LogP contribution < -0.4 is 4.90 Å². The van der Waals surface area contributed by atoms with Gasteiger partial charge >= 0.3 is 12.3 Å². The number of hydrogen-bond donors (Lipinski definition) is 1. The quantitative estimate of drug-likeness (QED) is 0.742. The number of likely N-dealkylation sites (N-methyl/N-ethyl adjacent to an activating group) is 1. The van der Waals surface area contributed by atoms with Crippen molar-refractivity contribution < 1.29 is 37.3 Å². The van der Waals surface area contributed by atoms with Gasteiger partial charge in [0, 0.05) is 25.6 Å². The fourth-order valence-electron chi connectivity index (χ4n) is 6.29. The zero-order chi connectivity index (χ0) is 23.2. The summed E-state index contributed by atoms with van der Waals surface area (Å²) in [6.45, 7) is 1.92. The highest BCUT2D eigenvalue weighted by atomic mass is 19.4. The number of nitrogens with zero attached hydrogens (tertiary/aromatic N) is 3. The normalized spacial score (nSPS) is 37.4. The highest BCUT2D eigenvalue weighted by Crippen LogP contribution is 2.66. The van der Waals surface area contributed by atoms with E-state index in [0.717, 1.165) is 12.1 Å². The fourth-order valence-corrected chi connectivity index (χ4v) is 6.29. The Morgan fingerprint density at radius 3 is 2.75 bits per heavy atom. The van der Waals surface area contributed by atoms with Crippen LogP contribution in [-0.2, 0) is 20.4 Å². The van der Waals surface area contributed by atoms with Crippen molar-refractivity contribution in [2.24, 2.45) is 11.8 Å². The Kier molecular flexibility index (Phi) is 4.18. The van der Waals surface area contributed by atoms with Crippen molar-refractivity contribution in [1.82, 2.24) is 4.90 Å². The van der Waals surface area contributed by atoms with E-state index in [1.165, 1.54) is 29.0 Å². The Hall–Kier alpha value is -2.84. The topological polar surface area (TPSA) is 103 Å². The van der Waals surface area contributed by atoms with E-state index in [0.29, 0.717) is 12.8 Å². The molecule has 1 aromatic carbocycles. The molecule has 0 unspecified atom stereocenters. The van der Waals surface area contributed by atoms with Gasteiger partial charge < -0.3 is 19.5 Å². The largest absolute Gasteiger partial charge is 0.465 e. The highest BCUT2D eigenvalue weighted by molar-refractivity contribution is 6.00. The number of fused-ring (bicyclic) bond motifs is 2. The lowest BCUT2D eigenvalue weighted by Gasteiger charge is -2.47. The summed E-state index contributed by atoms with van der Waals surface area (Å²) in [5.74, 6) is -1.61. The van der Waals surface area contributed by atoms with Crippen LogP contribution in [0.15, 0.2) is 18.2 Å². The van der Waals surface area contributed by atoms with Crippen molar-refractivity contribution in [3.63, 3.8) is 0 Å². The van der Waals surface area contributed by atoms with E-state index in [2.05, 4.69) is 0 Å². The molecule has 6 atom stereocenters. The van der Waals surface area contributed by atoms with Gasteiger partial charge in [-0.25, -0.2) is 4.79 Å². The predicted octanol–water partition coefficient (Wildman–Crippen LogP) is 2.81. The molecule has 8 nitrogen and oxygen atoms in total. The molecule has 4 aliphatic rings. The molecular formula is C21H20F3N3O5. The Morgan fingerprint density at radius 2 is 2.12 bits per heavy atom. The first-order valence-corrected chi connectivity index (χ1v) is 10.2. The molecule has 4 heterocycles. The van der Waals surface area contributed by atoms with Gasteiger partial charge in [-0.1, -0.05) is 0 Å². The molecule has 0 aromatic heterocycles. The molecule has 0 saturated carbocycles. The standard InChI is InChI=1S/C21H20F3N3O5/c1-19-8-13(26(2)18(29)30)20(32-19)5-6-31-17-15(20)14(19)16(28)27(17)11-4-3-10(9-25)12(7-11)21(22,23)24/h3-4,7,13-15,17H,5-6,8H2,1-2H3,(H,29,30)/t13-,14+,15-,17-,19+,20-/m1/s1. The minimum Gasteiger partial charge on any atom is -0.465 e. The molecule has 4 aliphatic heterocycles. The van der Waals surface area contributed by atoms with Crippen LogP contribution in [0.2, 0.25) is 0 Å². The van der Waals surface area contributed by atoms with Gasteiger partial charge in [0.1, 0.15) is 6.23 Å². The van der Waals surface area contributed by atoms with Crippen LogP contribution in [0.5, 0.6) is 0 Å². The van der Waals surface area contributed by atoms with Gasteiger partial charge in [0.05, 0.1) is 52.9 Å². The predicted molar refractivity (Wildman–Crippen MR) is 101 cm³/mol. The van der Waals surface area contributed by atoms with E-state index < -0.39 is 64.6 Å². The first kappa shape index (κ1) is 21.0. The summed E-state index contributed by atoms with van der Waals surface area (Å²) in [4.78, 5) is 27.6. The number of anilines is 1. The number of carbonyl (C=O) groups is 2. The number of nitriles is 1. The molecule has 0 aliphatic carbocycles. The van der Waals surface area contributed by atoms with E-state index in [9.17, 15) is 27.9 Å². The molecular weight excluding hydrogens is 431 g/mol. The number of halogens is 3. The van der Waals surface area contributed by atoms with Crippen molar-refractivity contribution in [3.8, 4) is 6.07 Å². The summed E-state index contributed by atoms with van der Waals surface area (Å²) in [5, 5.41) is 18.6. The van der Waals surface area contributed by atoms with Crippen molar-refractivity contribution in [1.29, 1.82) is 5.26 Å². The maximum absolute atomic E-state index is 13.5. The van der Waals surface area contributed by atoms with Crippen LogP contribution in [0.1, 0.15) is 30.9 Å². The number of rotatable bonds is 2. The smallest absolute Gasteiger partial charge is 0.417 e. The molecule has 5 rings (SSSR count). The second-order valence-electron chi connectivity index (χ2n) is 9.05. The number of benzene rings is 1. The van der Waals surface area contributed by atoms with E-state index in [4.69, 9.17) is 14.7 Å². The van der Waals surface area contributed by atoms with Gasteiger partial charge in [-0.15, -0.1) is 0 Å². The molecule has 2 amide bonds.